The van der Waals surface area contributed by atoms with Crippen molar-refractivity contribution in [3.63, 3.8) is 0 Å². The molecule has 0 spiro atoms. The summed E-state index contributed by atoms with van der Waals surface area (Å²) in [7, 11) is 0. The van der Waals surface area contributed by atoms with Crippen molar-refractivity contribution in [1.29, 1.82) is 0 Å². The number of carbonyl (C=O) groups is 2. The Bertz CT molecular complexity index is 529. The molecule has 0 saturated heterocycles. The second kappa shape index (κ2) is 8.99. The van der Waals surface area contributed by atoms with Crippen LogP contribution in [0.5, 0.6) is 5.75 Å². The zero-order chi connectivity index (χ0) is 16.5. The van der Waals surface area contributed by atoms with Gasteiger partial charge in [0.15, 0.2) is 5.11 Å². The highest BCUT2D eigenvalue weighted by atomic mass is 32.1. The minimum Gasteiger partial charge on any atom is -0.491 e. The van der Waals surface area contributed by atoms with E-state index in [1.807, 2.05) is 20.8 Å². The largest absolute Gasteiger partial charge is 0.491 e. The van der Waals surface area contributed by atoms with Crippen LogP contribution in [0.1, 0.15) is 44.0 Å². The summed E-state index contributed by atoms with van der Waals surface area (Å²) >= 11 is 4.93. The molecule has 0 heterocycles. The minimum atomic E-state index is -0.363. The Morgan fingerprint density at radius 3 is 2.36 bits per heavy atom. The van der Waals surface area contributed by atoms with Gasteiger partial charge in [-0.15, -0.1) is 0 Å². The van der Waals surface area contributed by atoms with Gasteiger partial charge in [-0.1, -0.05) is 6.92 Å². The van der Waals surface area contributed by atoms with E-state index in [0.29, 0.717) is 17.7 Å². The summed E-state index contributed by atoms with van der Waals surface area (Å²) in [4.78, 5) is 23.2. The molecule has 0 aromatic heterocycles. The number of hydrogen-bond donors (Lipinski definition) is 3. The highest BCUT2D eigenvalue weighted by molar-refractivity contribution is 7.80. The average molecular weight is 323 g/mol. The maximum atomic E-state index is 12.0. The summed E-state index contributed by atoms with van der Waals surface area (Å²) < 4.78 is 5.50. The fraction of sp³-hybridized carbons (Fsp3) is 0.400. The van der Waals surface area contributed by atoms with Gasteiger partial charge in [0.2, 0.25) is 5.91 Å². The first-order valence-corrected chi connectivity index (χ1v) is 7.50. The van der Waals surface area contributed by atoms with E-state index in [0.717, 1.165) is 6.42 Å². The molecule has 3 N–H and O–H groups in total. The van der Waals surface area contributed by atoms with Crippen LogP contribution in [-0.4, -0.2) is 23.0 Å². The third-order valence-corrected chi connectivity index (χ3v) is 2.71. The van der Waals surface area contributed by atoms with Crippen LogP contribution in [0.4, 0.5) is 0 Å². The zero-order valence-corrected chi connectivity index (χ0v) is 13.8. The van der Waals surface area contributed by atoms with Gasteiger partial charge >= 0.3 is 0 Å². The van der Waals surface area contributed by atoms with Crippen molar-refractivity contribution in [2.75, 3.05) is 0 Å². The first-order valence-electron chi connectivity index (χ1n) is 7.09. The lowest BCUT2D eigenvalue weighted by Crippen LogP contribution is -2.48. The lowest BCUT2D eigenvalue weighted by atomic mass is 10.2. The first-order chi connectivity index (χ1) is 10.4. The van der Waals surface area contributed by atoms with E-state index >= 15 is 0 Å². The Hall–Kier alpha value is -2.15. The second-order valence-electron chi connectivity index (χ2n) is 4.90. The Kier molecular flexibility index (Phi) is 7.31. The van der Waals surface area contributed by atoms with E-state index in [2.05, 4.69) is 16.2 Å². The van der Waals surface area contributed by atoms with Crippen molar-refractivity contribution in [2.24, 2.45) is 0 Å². The first kappa shape index (κ1) is 17.9. The van der Waals surface area contributed by atoms with Crippen molar-refractivity contribution < 1.29 is 14.3 Å². The van der Waals surface area contributed by atoms with Crippen molar-refractivity contribution in [3.05, 3.63) is 29.8 Å². The molecule has 0 aliphatic rings. The number of carbonyl (C=O) groups excluding carboxylic acids is 2. The maximum Gasteiger partial charge on any atom is 0.257 e. The lowest BCUT2D eigenvalue weighted by Gasteiger charge is -2.12. The van der Waals surface area contributed by atoms with E-state index in [9.17, 15) is 9.59 Å². The van der Waals surface area contributed by atoms with Crippen LogP contribution in [-0.2, 0) is 4.79 Å². The van der Waals surface area contributed by atoms with Crippen LogP contribution in [0, 0.1) is 0 Å². The maximum absolute atomic E-state index is 12.0. The molecule has 7 heteroatoms. The topological polar surface area (TPSA) is 79.5 Å². The van der Waals surface area contributed by atoms with Crippen molar-refractivity contribution in [1.82, 2.24) is 16.2 Å². The Morgan fingerprint density at radius 1 is 1.18 bits per heavy atom. The predicted molar refractivity (Wildman–Crippen MR) is 88.5 cm³/mol. The number of hydrazine groups is 1. The summed E-state index contributed by atoms with van der Waals surface area (Å²) in [6.45, 7) is 5.75. The molecule has 6 nitrogen and oxygen atoms in total. The Morgan fingerprint density at radius 2 is 1.82 bits per heavy atom. The molecule has 0 saturated carbocycles. The van der Waals surface area contributed by atoms with Gasteiger partial charge in [-0.2, -0.15) is 0 Å². The smallest absolute Gasteiger partial charge is 0.257 e. The molecule has 0 unspecified atom stereocenters. The van der Waals surface area contributed by atoms with Gasteiger partial charge in [0.1, 0.15) is 5.75 Å². The molecule has 0 radical (unpaired) electrons. The van der Waals surface area contributed by atoms with Gasteiger partial charge in [-0.25, -0.2) is 0 Å². The number of ether oxygens (including phenoxy) is 1. The summed E-state index contributed by atoms with van der Waals surface area (Å²) in [6, 6.07) is 6.72. The number of amides is 2. The summed E-state index contributed by atoms with van der Waals surface area (Å²) in [5, 5.41) is 2.52. The van der Waals surface area contributed by atoms with Gasteiger partial charge < -0.3 is 4.74 Å². The van der Waals surface area contributed by atoms with Gasteiger partial charge in [-0.3, -0.25) is 25.8 Å². The van der Waals surface area contributed by atoms with Crippen LogP contribution >= 0.6 is 12.2 Å². The van der Waals surface area contributed by atoms with Gasteiger partial charge in [-0.05, 0) is 56.8 Å². The van der Waals surface area contributed by atoms with E-state index in [1.54, 1.807) is 24.3 Å². The molecule has 0 aliphatic heterocycles. The monoisotopic (exact) mass is 323 g/mol. The van der Waals surface area contributed by atoms with E-state index in [4.69, 9.17) is 17.0 Å². The summed E-state index contributed by atoms with van der Waals surface area (Å²) in [5.41, 5.74) is 5.33. The van der Waals surface area contributed by atoms with Crippen LogP contribution in [0.15, 0.2) is 24.3 Å². The van der Waals surface area contributed by atoms with Crippen LogP contribution < -0.4 is 20.9 Å². The number of thiocarbonyl (C=S) groups is 1. The molecule has 0 fully saturated rings. The third-order valence-electron chi connectivity index (χ3n) is 2.51. The number of hydrogen-bond acceptors (Lipinski definition) is 4. The quantitative estimate of drug-likeness (QED) is 0.570. The molecule has 1 rings (SSSR count). The van der Waals surface area contributed by atoms with Gasteiger partial charge in [0, 0.05) is 12.0 Å². The van der Waals surface area contributed by atoms with Gasteiger partial charge in [0.25, 0.3) is 5.91 Å². The predicted octanol–water partition coefficient (Wildman–Crippen LogP) is 1.91. The van der Waals surface area contributed by atoms with Gasteiger partial charge in [0.05, 0.1) is 6.10 Å². The van der Waals surface area contributed by atoms with E-state index < -0.39 is 0 Å². The van der Waals surface area contributed by atoms with Crippen molar-refractivity contribution in [2.45, 2.75) is 39.7 Å². The zero-order valence-electron chi connectivity index (χ0n) is 12.9. The standard InChI is InChI=1S/C15H21N3O3S/c1-4-5-13(19)17-18-15(22)16-14(20)11-6-8-12(9-7-11)21-10(2)3/h6-10H,4-5H2,1-3H3,(H,17,19)(H2,16,18,20,22). The molecular weight excluding hydrogens is 302 g/mol. The number of nitrogens with one attached hydrogen (secondary N) is 3. The van der Waals surface area contributed by atoms with Crippen LogP contribution in [0.2, 0.25) is 0 Å². The van der Waals surface area contributed by atoms with Crippen molar-refractivity contribution in [3.8, 4) is 5.75 Å². The molecule has 0 atom stereocenters. The summed E-state index contributed by atoms with van der Waals surface area (Å²) in [6.07, 6.45) is 1.20. The fourth-order valence-corrected chi connectivity index (χ4v) is 1.72. The number of benzene rings is 1. The molecule has 2 amide bonds. The van der Waals surface area contributed by atoms with E-state index in [1.165, 1.54) is 0 Å². The molecule has 0 aliphatic carbocycles. The average Bonchev–Trinajstić information content (AvgIpc) is 2.45. The molecular formula is C15H21N3O3S. The molecule has 1 aromatic carbocycles. The number of rotatable bonds is 5. The van der Waals surface area contributed by atoms with Crippen LogP contribution in [0.3, 0.4) is 0 Å². The third kappa shape index (κ3) is 6.53. The lowest BCUT2D eigenvalue weighted by molar-refractivity contribution is -0.121. The molecule has 1 aromatic rings. The SMILES string of the molecule is CCCC(=O)NNC(=S)NC(=O)c1ccc(OC(C)C)cc1. The van der Waals surface area contributed by atoms with Crippen molar-refractivity contribution >= 4 is 29.1 Å². The molecule has 22 heavy (non-hydrogen) atoms. The second-order valence-corrected chi connectivity index (χ2v) is 5.31. The minimum absolute atomic E-state index is 0.0389. The Labute approximate surface area is 135 Å². The molecule has 0 bridgehead atoms. The fourth-order valence-electron chi connectivity index (χ4n) is 1.58. The van der Waals surface area contributed by atoms with E-state index in [-0.39, 0.29) is 23.0 Å². The highest BCUT2D eigenvalue weighted by Crippen LogP contribution is 2.13. The molecule has 120 valence electrons. The normalized spacial score (nSPS) is 10.0. The van der Waals surface area contributed by atoms with Crippen LogP contribution in [0.25, 0.3) is 0 Å². The summed E-state index contributed by atoms with van der Waals surface area (Å²) in [5.74, 6) is 0.145. The highest BCUT2D eigenvalue weighted by Gasteiger charge is 2.09. The Balaban J connectivity index is 2.47.